The number of carbonyl (C=O) groups excluding carboxylic acids is 1. The normalized spacial score (nSPS) is 10.7. The molecule has 0 aromatic heterocycles. The van der Waals surface area contributed by atoms with Gasteiger partial charge in [0.15, 0.2) is 6.61 Å². The number of carbonyl (C=O) groups is 2. The number of aliphatic carboxylic acids is 1. The third kappa shape index (κ3) is 5.48. The smallest absolute Gasteiger partial charge is 0.341 e. The predicted molar refractivity (Wildman–Crippen MR) is 95.8 cm³/mol. The van der Waals surface area contributed by atoms with E-state index in [0.717, 1.165) is 5.56 Å². The summed E-state index contributed by atoms with van der Waals surface area (Å²) in [5.41, 5.74) is 4.24. The molecule has 1 amide bonds. The van der Waals surface area contributed by atoms with E-state index < -0.39 is 18.5 Å². The van der Waals surface area contributed by atoms with E-state index in [1.54, 1.807) is 24.3 Å². The SMILES string of the molecule is Cc1ccc(C(=O)N/N=C\c2ccc(OCC(=O)O)c(Cl)c2)c(Cl)c1. The molecule has 0 heterocycles. The number of amides is 1. The quantitative estimate of drug-likeness (QED) is 0.592. The first-order valence-corrected chi connectivity index (χ1v) is 7.86. The second-order valence-electron chi connectivity index (χ2n) is 5.05. The van der Waals surface area contributed by atoms with Gasteiger partial charge in [0.05, 0.1) is 21.8 Å². The average Bonchev–Trinajstić information content (AvgIpc) is 2.53. The van der Waals surface area contributed by atoms with Crippen LogP contribution in [0.4, 0.5) is 0 Å². The van der Waals surface area contributed by atoms with Crippen molar-refractivity contribution in [3.05, 3.63) is 63.1 Å². The van der Waals surface area contributed by atoms with Gasteiger partial charge in [0.1, 0.15) is 5.75 Å². The maximum Gasteiger partial charge on any atom is 0.341 e. The zero-order chi connectivity index (χ0) is 18.4. The van der Waals surface area contributed by atoms with Gasteiger partial charge in [-0.15, -0.1) is 0 Å². The van der Waals surface area contributed by atoms with Crippen molar-refractivity contribution in [3.63, 3.8) is 0 Å². The maximum absolute atomic E-state index is 12.0. The van der Waals surface area contributed by atoms with E-state index in [4.69, 9.17) is 33.0 Å². The summed E-state index contributed by atoms with van der Waals surface area (Å²) in [7, 11) is 0. The molecule has 0 aliphatic carbocycles. The topological polar surface area (TPSA) is 88.0 Å². The zero-order valence-corrected chi connectivity index (χ0v) is 14.6. The summed E-state index contributed by atoms with van der Waals surface area (Å²) in [5.74, 6) is -1.29. The number of carboxylic acids is 1. The van der Waals surface area contributed by atoms with Gasteiger partial charge in [-0.1, -0.05) is 29.3 Å². The van der Waals surface area contributed by atoms with Crippen molar-refractivity contribution in [2.45, 2.75) is 6.92 Å². The van der Waals surface area contributed by atoms with Crippen molar-refractivity contribution in [2.24, 2.45) is 5.10 Å². The third-order valence-corrected chi connectivity index (χ3v) is 3.66. The molecular weight excluding hydrogens is 367 g/mol. The highest BCUT2D eigenvalue weighted by atomic mass is 35.5. The van der Waals surface area contributed by atoms with Crippen molar-refractivity contribution in [1.82, 2.24) is 5.43 Å². The largest absolute Gasteiger partial charge is 0.480 e. The Bertz CT molecular complexity index is 837. The number of hydrazone groups is 1. The second kappa shape index (κ2) is 8.50. The molecule has 0 aliphatic rings. The van der Waals surface area contributed by atoms with Gasteiger partial charge in [-0.3, -0.25) is 4.79 Å². The van der Waals surface area contributed by atoms with Crippen LogP contribution in [0.2, 0.25) is 10.0 Å². The Hall–Kier alpha value is -2.57. The molecule has 0 spiro atoms. The Morgan fingerprint density at radius 1 is 1.20 bits per heavy atom. The maximum atomic E-state index is 12.0. The van der Waals surface area contributed by atoms with Gasteiger partial charge in [-0.05, 0) is 48.4 Å². The number of carboxylic acid groups (broad SMARTS) is 1. The van der Waals surface area contributed by atoms with E-state index in [1.165, 1.54) is 18.3 Å². The highest BCUT2D eigenvalue weighted by Gasteiger charge is 2.09. The molecular formula is C17H14Cl2N2O4. The Labute approximate surface area is 154 Å². The van der Waals surface area contributed by atoms with Gasteiger partial charge in [-0.2, -0.15) is 5.10 Å². The van der Waals surface area contributed by atoms with Crippen LogP contribution in [-0.4, -0.2) is 29.8 Å². The van der Waals surface area contributed by atoms with Crippen LogP contribution in [0, 0.1) is 6.92 Å². The first-order valence-electron chi connectivity index (χ1n) is 7.10. The van der Waals surface area contributed by atoms with Crippen LogP contribution in [-0.2, 0) is 4.79 Å². The van der Waals surface area contributed by atoms with Gasteiger partial charge in [-0.25, -0.2) is 10.2 Å². The van der Waals surface area contributed by atoms with Crippen LogP contribution in [0.3, 0.4) is 0 Å². The number of hydrogen-bond donors (Lipinski definition) is 2. The van der Waals surface area contributed by atoms with Crippen molar-refractivity contribution >= 4 is 41.3 Å². The van der Waals surface area contributed by atoms with Gasteiger partial charge in [0, 0.05) is 0 Å². The molecule has 0 fully saturated rings. The summed E-state index contributed by atoms with van der Waals surface area (Å²) in [4.78, 5) is 22.5. The molecule has 2 aromatic rings. The molecule has 0 unspecified atom stereocenters. The summed E-state index contributed by atoms with van der Waals surface area (Å²) < 4.78 is 5.02. The van der Waals surface area contributed by atoms with Crippen molar-refractivity contribution < 1.29 is 19.4 Å². The lowest BCUT2D eigenvalue weighted by molar-refractivity contribution is -0.139. The van der Waals surface area contributed by atoms with Crippen LogP contribution in [0.25, 0.3) is 0 Å². The minimum Gasteiger partial charge on any atom is -0.480 e. The Morgan fingerprint density at radius 2 is 1.96 bits per heavy atom. The summed E-state index contributed by atoms with van der Waals surface area (Å²) in [5, 5.41) is 13.0. The summed E-state index contributed by atoms with van der Waals surface area (Å²) in [6.07, 6.45) is 1.40. The van der Waals surface area contributed by atoms with E-state index in [0.29, 0.717) is 16.1 Å². The molecule has 0 saturated carbocycles. The number of aryl methyl sites for hydroxylation is 1. The standard InChI is InChI=1S/C17H14Cl2N2O4/c1-10-2-4-12(13(18)6-10)17(24)21-20-8-11-3-5-15(14(19)7-11)25-9-16(22)23/h2-8H,9H2,1H3,(H,21,24)(H,22,23)/b20-8-. The molecule has 0 aliphatic heterocycles. The lowest BCUT2D eigenvalue weighted by Gasteiger charge is -2.06. The van der Waals surface area contributed by atoms with Crippen molar-refractivity contribution in [2.75, 3.05) is 6.61 Å². The van der Waals surface area contributed by atoms with Gasteiger partial charge < -0.3 is 9.84 Å². The molecule has 0 radical (unpaired) electrons. The van der Waals surface area contributed by atoms with Crippen LogP contribution in [0.15, 0.2) is 41.5 Å². The fraction of sp³-hybridized carbons (Fsp3) is 0.118. The molecule has 130 valence electrons. The van der Waals surface area contributed by atoms with Crippen LogP contribution in [0.1, 0.15) is 21.5 Å². The van der Waals surface area contributed by atoms with Crippen LogP contribution < -0.4 is 10.2 Å². The van der Waals surface area contributed by atoms with Gasteiger partial charge >= 0.3 is 5.97 Å². The van der Waals surface area contributed by atoms with E-state index in [1.807, 2.05) is 6.92 Å². The Morgan fingerprint density at radius 3 is 2.60 bits per heavy atom. The number of nitrogens with one attached hydrogen (secondary N) is 1. The van der Waals surface area contributed by atoms with Crippen LogP contribution in [0.5, 0.6) is 5.75 Å². The van der Waals surface area contributed by atoms with Crippen LogP contribution >= 0.6 is 23.2 Å². The van der Waals surface area contributed by atoms with Gasteiger partial charge in [0.25, 0.3) is 5.91 Å². The highest BCUT2D eigenvalue weighted by Crippen LogP contribution is 2.24. The molecule has 6 nitrogen and oxygen atoms in total. The lowest BCUT2D eigenvalue weighted by Crippen LogP contribution is -2.18. The minimum absolute atomic E-state index is 0.234. The number of hydrogen-bond acceptors (Lipinski definition) is 4. The second-order valence-corrected chi connectivity index (χ2v) is 5.87. The monoisotopic (exact) mass is 380 g/mol. The molecule has 2 N–H and O–H groups in total. The van der Waals surface area contributed by atoms with Crippen molar-refractivity contribution in [3.8, 4) is 5.75 Å². The zero-order valence-electron chi connectivity index (χ0n) is 13.1. The molecule has 25 heavy (non-hydrogen) atoms. The summed E-state index contributed by atoms with van der Waals surface area (Å²) >= 11 is 12.0. The Balaban J connectivity index is 2.00. The summed E-state index contributed by atoms with van der Waals surface area (Å²) in [6.45, 7) is 1.39. The summed E-state index contributed by atoms with van der Waals surface area (Å²) in [6, 6.07) is 9.76. The number of benzene rings is 2. The van der Waals surface area contributed by atoms with E-state index in [2.05, 4.69) is 10.5 Å². The number of nitrogens with zero attached hydrogens (tertiary/aromatic N) is 1. The fourth-order valence-corrected chi connectivity index (χ4v) is 2.45. The van der Waals surface area contributed by atoms with Crippen molar-refractivity contribution in [1.29, 1.82) is 0 Å². The predicted octanol–water partition coefficient (Wildman–Crippen LogP) is 3.53. The van der Waals surface area contributed by atoms with E-state index >= 15 is 0 Å². The molecule has 2 rings (SSSR count). The first kappa shape index (κ1) is 18.8. The Kier molecular flexibility index (Phi) is 6.38. The first-order chi connectivity index (χ1) is 11.9. The molecule has 2 aromatic carbocycles. The highest BCUT2D eigenvalue weighted by molar-refractivity contribution is 6.34. The third-order valence-electron chi connectivity index (χ3n) is 3.06. The molecule has 0 bridgehead atoms. The minimum atomic E-state index is -1.10. The van der Waals surface area contributed by atoms with Gasteiger partial charge in [0.2, 0.25) is 0 Å². The average molecular weight is 381 g/mol. The fourth-order valence-electron chi connectivity index (χ4n) is 1.88. The number of ether oxygens (including phenoxy) is 1. The molecule has 8 heteroatoms. The number of rotatable bonds is 6. The van der Waals surface area contributed by atoms with E-state index in [-0.39, 0.29) is 10.8 Å². The molecule has 0 atom stereocenters. The van der Waals surface area contributed by atoms with E-state index in [9.17, 15) is 9.59 Å². The lowest BCUT2D eigenvalue weighted by atomic mass is 10.1. The molecule has 0 saturated heterocycles. The number of halogens is 2.